The molecule has 0 spiro atoms. The monoisotopic (exact) mass is 296 g/mol. The summed E-state index contributed by atoms with van der Waals surface area (Å²) in [5, 5.41) is 14.0. The maximum Gasteiger partial charge on any atom is 0.341 e. The predicted octanol–water partition coefficient (Wildman–Crippen LogP) is -0.460. The Hall–Kier alpha value is -2.25. The first-order chi connectivity index (χ1) is 9.62. The van der Waals surface area contributed by atoms with Gasteiger partial charge in [-0.25, -0.2) is 15.6 Å². The maximum absolute atomic E-state index is 11.4. The van der Waals surface area contributed by atoms with Crippen molar-refractivity contribution in [2.24, 2.45) is 10.8 Å². The molecular weight excluding hydrogens is 280 g/mol. The van der Waals surface area contributed by atoms with E-state index in [4.69, 9.17) is 11.1 Å². The smallest absolute Gasteiger partial charge is 0.341 e. The summed E-state index contributed by atoms with van der Waals surface area (Å²) >= 11 is 1.52. The molecule has 0 saturated heterocycles. The molecule has 9 nitrogen and oxygen atoms in total. The molecule has 1 aromatic rings. The number of guanidine groups is 1. The summed E-state index contributed by atoms with van der Waals surface area (Å²) < 4.78 is 1.34. The molecular formula is C10H16N8OS. The molecule has 0 bridgehead atoms. The highest BCUT2D eigenvalue weighted by atomic mass is 32.2. The van der Waals surface area contributed by atoms with Gasteiger partial charge in [-0.05, 0) is 6.92 Å². The van der Waals surface area contributed by atoms with Crippen LogP contribution < -0.4 is 21.9 Å². The number of aliphatic imine (C=N–C) groups is 1. The summed E-state index contributed by atoms with van der Waals surface area (Å²) in [6.45, 7) is 1.92. The van der Waals surface area contributed by atoms with Gasteiger partial charge in [-0.1, -0.05) is 0 Å². The fourth-order valence-corrected chi connectivity index (χ4v) is 2.17. The minimum Gasteiger partial charge on any atom is -0.344 e. The Bertz CT molecular complexity index is 520. The number of nitrogen functional groups attached to an aromatic ring is 1. The average Bonchev–Trinajstić information content (AvgIpc) is 2.92. The third kappa shape index (κ3) is 4.45. The van der Waals surface area contributed by atoms with E-state index in [2.05, 4.69) is 20.6 Å². The van der Waals surface area contributed by atoms with Crippen LogP contribution in [0.5, 0.6) is 0 Å². The Labute approximate surface area is 120 Å². The van der Waals surface area contributed by atoms with Crippen LogP contribution in [0.25, 0.3) is 0 Å². The van der Waals surface area contributed by atoms with E-state index in [0.717, 1.165) is 5.69 Å². The second-order valence-electron chi connectivity index (χ2n) is 3.61. The number of hydrazine groups is 1. The summed E-state index contributed by atoms with van der Waals surface area (Å²) in [7, 11) is 1.57. The highest BCUT2D eigenvalue weighted by molar-refractivity contribution is 7.99. The summed E-state index contributed by atoms with van der Waals surface area (Å²) in [6.07, 6.45) is 4.78. The molecule has 0 aliphatic heterocycles. The van der Waals surface area contributed by atoms with Gasteiger partial charge in [0, 0.05) is 19.0 Å². The number of amides is 1. The van der Waals surface area contributed by atoms with Crippen LogP contribution in [0.15, 0.2) is 17.5 Å². The summed E-state index contributed by atoms with van der Waals surface area (Å²) in [6, 6.07) is -0.444. The summed E-state index contributed by atoms with van der Waals surface area (Å²) in [5.74, 6) is 6.02. The molecule has 0 aliphatic carbocycles. The van der Waals surface area contributed by atoms with Crippen LogP contribution in [0.1, 0.15) is 12.6 Å². The van der Waals surface area contributed by atoms with Crippen LogP contribution in [0.2, 0.25) is 0 Å². The van der Waals surface area contributed by atoms with Gasteiger partial charge in [0.15, 0.2) is 6.19 Å². The number of nitrogens with zero attached hydrogens (tertiary/aromatic N) is 4. The first kappa shape index (κ1) is 15.8. The van der Waals surface area contributed by atoms with Gasteiger partial charge in [0.1, 0.15) is 6.33 Å². The van der Waals surface area contributed by atoms with Crippen molar-refractivity contribution in [1.29, 1.82) is 5.26 Å². The number of hydrogen-bond donors (Lipinski definition) is 4. The highest BCUT2D eigenvalue weighted by Crippen LogP contribution is 2.15. The van der Waals surface area contributed by atoms with Crippen molar-refractivity contribution < 1.29 is 4.79 Å². The Kier molecular flexibility index (Phi) is 6.34. The normalized spacial score (nSPS) is 12.4. The third-order valence-electron chi connectivity index (χ3n) is 2.28. The van der Waals surface area contributed by atoms with Crippen molar-refractivity contribution in [3.63, 3.8) is 0 Å². The average molecular weight is 296 g/mol. The summed E-state index contributed by atoms with van der Waals surface area (Å²) in [4.78, 5) is 19.2. The number of carbonyl (C=O) groups is 1. The second-order valence-corrected chi connectivity index (χ2v) is 4.94. The lowest BCUT2D eigenvalue weighted by Crippen LogP contribution is -2.38. The standard InChI is InChI=1S/C10H16N8OS/c1-7(16-9(13-2)15-5-11)20-4-8-3-14-6-18(8)10(19)17-12/h3,6-7H,4,12H2,1-2H3,(H,17,19)(H2,13,15,16). The van der Waals surface area contributed by atoms with Crippen LogP contribution in [0, 0.1) is 11.5 Å². The number of nitrogens with two attached hydrogens (primary N) is 1. The van der Waals surface area contributed by atoms with Crippen LogP contribution in [0.3, 0.4) is 0 Å². The number of nitriles is 1. The molecule has 108 valence electrons. The molecule has 1 amide bonds. The van der Waals surface area contributed by atoms with Crippen LogP contribution >= 0.6 is 11.8 Å². The largest absolute Gasteiger partial charge is 0.344 e. The molecule has 0 aromatic carbocycles. The minimum absolute atomic E-state index is 0.0150. The number of aromatic nitrogens is 2. The fourth-order valence-electron chi connectivity index (χ4n) is 1.34. The first-order valence-electron chi connectivity index (χ1n) is 5.64. The van der Waals surface area contributed by atoms with E-state index in [1.54, 1.807) is 19.4 Å². The number of carbonyl (C=O) groups excluding carboxylic acids is 1. The number of thioether (sulfide) groups is 1. The van der Waals surface area contributed by atoms with E-state index in [1.807, 2.05) is 12.3 Å². The highest BCUT2D eigenvalue weighted by Gasteiger charge is 2.11. The predicted molar refractivity (Wildman–Crippen MR) is 76.3 cm³/mol. The molecule has 0 aliphatic rings. The zero-order chi connectivity index (χ0) is 15.0. The van der Waals surface area contributed by atoms with Gasteiger partial charge in [-0.3, -0.25) is 20.3 Å². The van der Waals surface area contributed by atoms with Crippen LogP contribution in [-0.4, -0.2) is 34.0 Å². The molecule has 0 saturated carbocycles. The quantitative estimate of drug-likeness (QED) is 0.0863. The third-order valence-corrected chi connectivity index (χ3v) is 3.36. The zero-order valence-electron chi connectivity index (χ0n) is 11.1. The van der Waals surface area contributed by atoms with Gasteiger partial charge < -0.3 is 5.32 Å². The Balaban J connectivity index is 2.53. The van der Waals surface area contributed by atoms with E-state index >= 15 is 0 Å². The minimum atomic E-state index is -0.444. The number of hydrogen-bond acceptors (Lipinski definition) is 6. The molecule has 1 rings (SSSR count). The topological polar surface area (TPSA) is 133 Å². The van der Waals surface area contributed by atoms with Crippen molar-refractivity contribution in [2.75, 3.05) is 7.05 Å². The van der Waals surface area contributed by atoms with Crippen molar-refractivity contribution in [2.45, 2.75) is 18.1 Å². The fraction of sp³-hybridized carbons (Fsp3) is 0.400. The second kappa shape index (κ2) is 8.03. The molecule has 0 radical (unpaired) electrons. The van der Waals surface area contributed by atoms with Gasteiger partial charge in [0.25, 0.3) is 0 Å². The Morgan fingerprint density at radius 2 is 2.50 bits per heavy atom. The lowest BCUT2D eigenvalue weighted by atomic mass is 10.5. The van der Waals surface area contributed by atoms with Crippen LogP contribution in [0.4, 0.5) is 4.79 Å². The van der Waals surface area contributed by atoms with E-state index in [0.29, 0.717) is 11.7 Å². The van der Waals surface area contributed by atoms with Crippen LogP contribution in [-0.2, 0) is 5.75 Å². The molecule has 10 heteroatoms. The van der Waals surface area contributed by atoms with E-state index in [9.17, 15) is 4.79 Å². The van der Waals surface area contributed by atoms with Gasteiger partial charge in [0.2, 0.25) is 5.96 Å². The van der Waals surface area contributed by atoms with Crippen molar-refractivity contribution >= 4 is 23.8 Å². The number of rotatable bonds is 4. The molecule has 0 fully saturated rings. The molecule has 5 N–H and O–H groups in total. The summed E-state index contributed by atoms with van der Waals surface area (Å²) in [5.41, 5.74) is 2.76. The number of nitrogens with one attached hydrogen (secondary N) is 3. The SMILES string of the molecule is CN=C(NC#N)NC(C)SCc1cncn1C(=O)NN. The van der Waals surface area contributed by atoms with Gasteiger partial charge in [-0.15, -0.1) is 11.8 Å². The molecule has 1 aromatic heterocycles. The zero-order valence-corrected chi connectivity index (χ0v) is 11.9. The lowest BCUT2D eigenvalue weighted by molar-refractivity contribution is 0.242. The molecule has 1 atom stereocenters. The van der Waals surface area contributed by atoms with Gasteiger partial charge in [0.05, 0.1) is 11.1 Å². The molecule has 20 heavy (non-hydrogen) atoms. The molecule has 1 unspecified atom stereocenters. The van der Waals surface area contributed by atoms with E-state index in [-0.39, 0.29) is 5.37 Å². The Morgan fingerprint density at radius 1 is 1.75 bits per heavy atom. The van der Waals surface area contributed by atoms with Crippen molar-refractivity contribution in [3.8, 4) is 6.19 Å². The lowest BCUT2D eigenvalue weighted by Gasteiger charge is -2.15. The first-order valence-corrected chi connectivity index (χ1v) is 6.69. The maximum atomic E-state index is 11.4. The Morgan fingerprint density at radius 3 is 3.10 bits per heavy atom. The molecule has 1 heterocycles. The van der Waals surface area contributed by atoms with E-state index in [1.165, 1.54) is 22.7 Å². The number of imidazole rings is 1. The van der Waals surface area contributed by atoms with E-state index < -0.39 is 6.03 Å². The van der Waals surface area contributed by atoms with Gasteiger partial charge in [-0.2, -0.15) is 5.26 Å². The van der Waals surface area contributed by atoms with Crippen molar-refractivity contribution in [3.05, 3.63) is 18.2 Å². The van der Waals surface area contributed by atoms with Crippen molar-refractivity contribution in [1.82, 2.24) is 25.6 Å². The van der Waals surface area contributed by atoms with Gasteiger partial charge >= 0.3 is 6.03 Å².